The van der Waals surface area contributed by atoms with E-state index in [1.807, 2.05) is 19.1 Å². The summed E-state index contributed by atoms with van der Waals surface area (Å²) in [5.74, 6) is 0.735. The number of ketones is 1. The van der Waals surface area contributed by atoms with Crippen LogP contribution >= 0.6 is 0 Å². The number of piperazine rings is 1. The zero-order valence-corrected chi connectivity index (χ0v) is 30.5. The molecule has 1 aliphatic heterocycles. The Balaban J connectivity index is 0.978. The molecular weight excluding hydrogens is 640 g/mol. The number of carbonyl (C=O) groups excluding carboxylic acids is 1. The Morgan fingerprint density at radius 1 is 0.720 bits per heavy atom. The lowest BCUT2D eigenvalue weighted by atomic mass is 10.1. The predicted molar refractivity (Wildman–Crippen MR) is 196 cm³/mol. The first-order valence-electron chi connectivity index (χ1n) is 18.6. The zero-order chi connectivity index (χ0) is 35.2. The van der Waals surface area contributed by atoms with Crippen molar-refractivity contribution in [2.75, 3.05) is 124 Å². The predicted octanol–water partition coefficient (Wildman–Crippen LogP) is 3.60. The molecule has 280 valence electrons. The number of Topliss-reactive ketones (excluding diaryl/α,β-unsaturated/α-hetero) is 1. The monoisotopic (exact) mass is 700 g/mol. The van der Waals surface area contributed by atoms with Crippen LogP contribution in [0.1, 0.15) is 45.2 Å². The van der Waals surface area contributed by atoms with Gasteiger partial charge in [0.1, 0.15) is 11.3 Å². The number of nitrogen functional groups attached to an aromatic ring is 1. The average Bonchev–Trinajstić information content (AvgIpc) is 3.51. The second-order valence-corrected chi connectivity index (χ2v) is 12.5. The van der Waals surface area contributed by atoms with Crippen molar-refractivity contribution in [1.82, 2.24) is 24.6 Å². The molecule has 0 saturated carbocycles. The van der Waals surface area contributed by atoms with Gasteiger partial charge in [-0.3, -0.25) is 14.4 Å². The Labute approximate surface area is 297 Å². The van der Waals surface area contributed by atoms with E-state index in [2.05, 4.69) is 38.5 Å². The number of aryl methyl sites for hydroxylation is 1. The molecule has 0 aliphatic carbocycles. The highest BCUT2D eigenvalue weighted by atomic mass is 16.6. The largest absolute Gasteiger partial charge is 0.382 e. The Bertz CT molecular complexity index is 1380. The lowest BCUT2D eigenvalue weighted by Crippen LogP contribution is -2.47. The van der Waals surface area contributed by atoms with Crippen molar-refractivity contribution in [3.63, 3.8) is 0 Å². The van der Waals surface area contributed by atoms with E-state index in [4.69, 9.17) is 39.3 Å². The molecule has 2 aromatic heterocycles. The summed E-state index contributed by atoms with van der Waals surface area (Å²) < 4.78 is 35.5. The van der Waals surface area contributed by atoms with Gasteiger partial charge in [-0.15, -0.1) is 0 Å². The Morgan fingerprint density at radius 3 is 1.84 bits per heavy atom. The lowest BCUT2D eigenvalue weighted by Gasteiger charge is -2.34. The van der Waals surface area contributed by atoms with Gasteiger partial charge in [0.2, 0.25) is 0 Å². The van der Waals surface area contributed by atoms with Crippen LogP contribution in [0.4, 0.5) is 5.82 Å². The second-order valence-electron chi connectivity index (χ2n) is 12.5. The first kappa shape index (κ1) is 40.0. The molecule has 4 rings (SSSR count). The molecule has 0 amide bonds. The molecule has 13 heteroatoms. The third kappa shape index (κ3) is 13.8. The van der Waals surface area contributed by atoms with Crippen LogP contribution in [0.15, 0.2) is 24.3 Å². The first-order valence-corrected chi connectivity index (χ1v) is 18.6. The number of rotatable bonds is 28. The fraction of sp³-hybridized carbons (Fsp3) is 0.703. The van der Waals surface area contributed by atoms with Crippen molar-refractivity contribution in [3.05, 3.63) is 30.0 Å². The third-order valence-corrected chi connectivity index (χ3v) is 8.90. The smallest absolute Gasteiger partial charge is 0.152 e. The number of benzene rings is 1. The van der Waals surface area contributed by atoms with E-state index in [1.54, 1.807) is 0 Å². The van der Waals surface area contributed by atoms with Crippen molar-refractivity contribution in [3.8, 4) is 0 Å². The number of aromatic nitrogens is 3. The van der Waals surface area contributed by atoms with Gasteiger partial charge in [-0.1, -0.05) is 38.5 Å². The van der Waals surface area contributed by atoms with E-state index in [0.717, 1.165) is 86.9 Å². The summed E-state index contributed by atoms with van der Waals surface area (Å²) >= 11 is 0. The maximum Gasteiger partial charge on any atom is 0.152 e. The SMILES string of the molecule is CCCCn1nc2c(N)nc3ccccc3c2c1CCN1CCN(CCOCCOCCOCCOCCOCCOCCC(=O)CC)CC1. The van der Waals surface area contributed by atoms with Crippen LogP contribution in [-0.4, -0.2) is 149 Å². The minimum atomic E-state index is 0.221. The molecule has 1 saturated heterocycles. The average molecular weight is 701 g/mol. The standard InChI is InChI=1S/C37H60N6O7/c1-3-5-12-43-34(35-32-8-6-7-9-33(32)39-37(38)36(35)40-43)10-13-41-14-16-42(17-15-41)18-20-46-22-24-48-26-28-50-30-29-49-27-25-47-23-21-45-19-11-31(44)4-2/h6-9H,3-5,10-30H2,1-2H3,(H2,38,39). The molecule has 13 nitrogen and oxygen atoms in total. The maximum atomic E-state index is 11.2. The van der Waals surface area contributed by atoms with Crippen LogP contribution in [0.25, 0.3) is 21.8 Å². The van der Waals surface area contributed by atoms with Crippen LogP contribution in [0.2, 0.25) is 0 Å². The summed E-state index contributed by atoms with van der Waals surface area (Å²) in [6.45, 7) is 17.5. The molecule has 1 aliphatic rings. The van der Waals surface area contributed by atoms with E-state index >= 15 is 0 Å². The van der Waals surface area contributed by atoms with E-state index in [0.29, 0.717) is 97.9 Å². The molecule has 0 spiro atoms. The van der Waals surface area contributed by atoms with Gasteiger partial charge in [-0.25, -0.2) is 4.98 Å². The van der Waals surface area contributed by atoms with Gasteiger partial charge in [-0.2, -0.15) is 5.10 Å². The summed E-state index contributed by atoms with van der Waals surface area (Å²) in [6.07, 6.45) is 4.18. The van der Waals surface area contributed by atoms with Gasteiger partial charge in [0.05, 0.1) is 84.8 Å². The molecule has 2 N–H and O–H groups in total. The molecule has 3 aromatic rings. The Morgan fingerprint density at radius 2 is 1.26 bits per heavy atom. The third-order valence-electron chi connectivity index (χ3n) is 8.90. The number of fused-ring (bicyclic) bond motifs is 3. The maximum absolute atomic E-state index is 11.2. The molecule has 3 heterocycles. The minimum Gasteiger partial charge on any atom is -0.382 e. The normalized spacial score (nSPS) is 14.4. The molecule has 1 fully saturated rings. The van der Waals surface area contributed by atoms with E-state index in [1.165, 1.54) is 5.69 Å². The Kier molecular flexibility index (Phi) is 19.0. The number of unbranched alkanes of at least 4 members (excludes halogenated alkanes) is 1. The second kappa shape index (κ2) is 23.7. The number of anilines is 1. The lowest BCUT2D eigenvalue weighted by molar-refractivity contribution is -0.120. The van der Waals surface area contributed by atoms with Crippen molar-refractivity contribution in [2.24, 2.45) is 0 Å². The van der Waals surface area contributed by atoms with Gasteiger partial charge in [0.25, 0.3) is 0 Å². The molecular formula is C37H60N6O7. The van der Waals surface area contributed by atoms with Crippen molar-refractivity contribution < 1.29 is 33.2 Å². The quantitative estimate of drug-likeness (QED) is 0.111. The van der Waals surface area contributed by atoms with Crippen LogP contribution in [0.5, 0.6) is 0 Å². The van der Waals surface area contributed by atoms with Crippen molar-refractivity contribution >= 4 is 33.4 Å². The van der Waals surface area contributed by atoms with Gasteiger partial charge in [-0.05, 0) is 12.5 Å². The Hall–Kier alpha value is -2.75. The fourth-order valence-electron chi connectivity index (χ4n) is 5.93. The van der Waals surface area contributed by atoms with Crippen LogP contribution in [0.3, 0.4) is 0 Å². The zero-order valence-electron chi connectivity index (χ0n) is 30.5. The summed E-state index contributed by atoms with van der Waals surface area (Å²) in [7, 11) is 0. The topological polar surface area (TPSA) is 136 Å². The van der Waals surface area contributed by atoms with Gasteiger partial charge < -0.3 is 39.1 Å². The molecule has 0 atom stereocenters. The van der Waals surface area contributed by atoms with Crippen LogP contribution < -0.4 is 5.73 Å². The minimum absolute atomic E-state index is 0.221. The van der Waals surface area contributed by atoms with Crippen LogP contribution in [0, 0.1) is 0 Å². The van der Waals surface area contributed by atoms with E-state index < -0.39 is 0 Å². The molecule has 1 aromatic carbocycles. The highest BCUT2D eigenvalue weighted by Crippen LogP contribution is 2.31. The highest BCUT2D eigenvalue weighted by Gasteiger charge is 2.21. The summed E-state index contributed by atoms with van der Waals surface area (Å²) in [6, 6.07) is 8.26. The highest BCUT2D eigenvalue weighted by molar-refractivity contribution is 6.09. The fourth-order valence-corrected chi connectivity index (χ4v) is 5.93. The van der Waals surface area contributed by atoms with Gasteiger partial charge >= 0.3 is 0 Å². The van der Waals surface area contributed by atoms with Crippen molar-refractivity contribution in [2.45, 2.75) is 52.5 Å². The molecule has 0 unspecified atom stereocenters. The first-order chi connectivity index (χ1) is 24.6. The summed E-state index contributed by atoms with van der Waals surface area (Å²) in [4.78, 5) is 20.9. The number of hydrogen-bond acceptors (Lipinski definition) is 12. The van der Waals surface area contributed by atoms with E-state index in [-0.39, 0.29) is 5.78 Å². The van der Waals surface area contributed by atoms with Crippen molar-refractivity contribution in [1.29, 1.82) is 0 Å². The summed E-state index contributed by atoms with van der Waals surface area (Å²) in [5, 5.41) is 7.23. The molecule has 0 radical (unpaired) electrons. The number of ether oxygens (including phenoxy) is 6. The summed E-state index contributed by atoms with van der Waals surface area (Å²) in [5.41, 5.74) is 9.41. The number of para-hydroxylation sites is 1. The number of nitrogens with two attached hydrogens (primary N) is 1. The van der Waals surface area contributed by atoms with E-state index in [9.17, 15) is 4.79 Å². The number of carbonyl (C=O) groups is 1. The molecule has 0 bridgehead atoms. The number of pyridine rings is 1. The molecule has 50 heavy (non-hydrogen) atoms. The number of nitrogens with zero attached hydrogens (tertiary/aromatic N) is 5. The van der Waals surface area contributed by atoms with Gasteiger partial charge in [0, 0.05) is 81.5 Å². The van der Waals surface area contributed by atoms with Crippen LogP contribution in [-0.2, 0) is 46.2 Å². The number of hydrogen-bond donors (Lipinski definition) is 1. The van der Waals surface area contributed by atoms with Gasteiger partial charge in [0.15, 0.2) is 5.82 Å².